The number of hydrogen-bond donors (Lipinski definition) is 3. The molecule has 1 saturated heterocycles. The van der Waals surface area contributed by atoms with Gasteiger partial charge in [0.15, 0.2) is 0 Å². The Morgan fingerprint density at radius 3 is 2.67 bits per heavy atom. The van der Waals surface area contributed by atoms with Gasteiger partial charge in [0.1, 0.15) is 6.54 Å². The Morgan fingerprint density at radius 2 is 2.11 bits per heavy atom. The highest BCUT2D eigenvalue weighted by molar-refractivity contribution is 5.94. The van der Waals surface area contributed by atoms with Gasteiger partial charge in [0.2, 0.25) is 5.91 Å². The Kier molecular flexibility index (Phi) is 3.78. The summed E-state index contributed by atoms with van der Waals surface area (Å²) in [5, 5.41) is 5.39. The van der Waals surface area contributed by atoms with Gasteiger partial charge in [-0.05, 0) is 17.7 Å². The first-order valence-corrected chi connectivity index (χ1v) is 5.80. The van der Waals surface area contributed by atoms with Crippen LogP contribution in [0.15, 0.2) is 24.3 Å². The number of amides is 3. The van der Waals surface area contributed by atoms with E-state index in [0.29, 0.717) is 25.3 Å². The SMILES string of the molecule is NCc1ccc(NC(=O)CN2CCNC2=O)cc1. The van der Waals surface area contributed by atoms with Gasteiger partial charge >= 0.3 is 6.03 Å². The lowest BCUT2D eigenvalue weighted by Gasteiger charge is -2.13. The van der Waals surface area contributed by atoms with E-state index < -0.39 is 0 Å². The molecule has 3 amide bonds. The molecule has 0 aromatic heterocycles. The van der Waals surface area contributed by atoms with Crippen molar-refractivity contribution in [2.75, 3.05) is 25.0 Å². The van der Waals surface area contributed by atoms with Gasteiger partial charge in [-0.3, -0.25) is 4.79 Å². The lowest BCUT2D eigenvalue weighted by Crippen LogP contribution is -2.35. The zero-order chi connectivity index (χ0) is 13.0. The fourth-order valence-electron chi connectivity index (χ4n) is 1.76. The summed E-state index contributed by atoms with van der Waals surface area (Å²) < 4.78 is 0. The summed E-state index contributed by atoms with van der Waals surface area (Å²) in [4.78, 5) is 24.5. The molecule has 1 aromatic carbocycles. The molecule has 2 rings (SSSR count). The number of urea groups is 1. The van der Waals surface area contributed by atoms with Gasteiger partial charge in [0, 0.05) is 25.3 Å². The maximum absolute atomic E-state index is 11.7. The maximum Gasteiger partial charge on any atom is 0.317 e. The molecule has 4 N–H and O–H groups in total. The first-order valence-electron chi connectivity index (χ1n) is 5.80. The third-order valence-corrected chi connectivity index (χ3v) is 2.75. The summed E-state index contributed by atoms with van der Waals surface area (Å²) in [5.41, 5.74) is 7.20. The van der Waals surface area contributed by atoms with Crippen molar-refractivity contribution in [3.63, 3.8) is 0 Å². The van der Waals surface area contributed by atoms with Crippen molar-refractivity contribution >= 4 is 17.6 Å². The van der Waals surface area contributed by atoms with Gasteiger partial charge < -0.3 is 21.3 Å². The van der Waals surface area contributed by atoms with Crippen LogP contribution in [0.4, 0.5) is 10.5 Å². The minimum absolute atomic E-state index is 0.0739. The number of carbonyl (C=O) groups excluding carboxylic acids is 2. The molecule has 96 valence electrons. The Bertz CT molecular complexity index is 444. The van der Waals surface area contributed by atoms with Crippen LogP contribution in [0.25, 0.3) is 0 Å². The Morgan fingerprint density at radius 1 is 1.39 bits per heavy atom. The zero-order valence-electron chi connectivity index (χ0n) is 9.98. The fourth-order valence-corrected chi connectivity index (χ4v) is 1.76. The van der Waals surface area contributed by atoms with Crippen LogP contribution in [0.2, 0.25) is 0 Å². The average Bonchev–Trinajstić information content (AvgIpc) is 2.76. The molecular formula is C12H16N4O2. The van der Waals surface area contributed by atoms with Crippen LogP contribution in [0.5, 0.6) is 0 Å². The monoisotopic (exact) mass is 248 g/mol. The Labute approximate surface area is 105 Å². The lowest BCUT2D eigenvalue weighted by atomic mass is 10.2. The number of nitrogens with one attached hydrogen (secondary N) is 2. The van der Waals surface area contributed by atoms with E-state index in [9.17, 15) is 9.59 Å². The number of nitrogens with two attached hydrogens (primary N) is 1. The summed E-state index contributed by atoms with van der Waals surface area (Å²) in [6.45, 7) is 1.71. The van der Waals surface area contributed by atoms with E-state index in [1.165, 1.54) is 4.90 Å². The van der Waals surface area contributed by atoms with Gasteiger partial charge in [-0.2, -0.15) is 0 Å². The smallest absolute Gasteiger partial charge is 0.317 e. The van der Waals surface area contributed by atoms with E-state index in [2.05, 4.69) is 10.6 Å². The molecule has 0 aliphatic carbocycles. The number of benzene rings is 1. The maximum atomic E-state index is 11.7. The highest BCUT2D eigenvalue weighted by Crippen LogP contribution is 2.09. The van der Waals surface area contributed by atoms with Crippen LogP contribution in [0.3, 0.4) is 0 Å². The van der Waals surface area contributed by atoms with Crippen LogP contribution in [-0.4, -0.2) is 36.5 Å². The van der Waals surface area contributed by atoms with Gasteiger partial charge in [-0.25, -0.2) is 4.79 Å². The average molecular weight is 248 g/mol. The minimum Gasteiger partial charge on any atom is -0.336 e. The van der Waals surface area contributed by atoms with E-state index >= 15 is 0 Å². The molecule has 0 unspecified atom stereocenters. The van der Waals surface area contributed by atoms with Crippen molar-refractivity contribution in [1.82, 2.24) is 10.2 Å². The number of rotatable bonds is 4. The first-order chi connectivity index (χ1) is 8.69. The molecule has 0 saturated carbocycles. The molecular weight excluding hydrogens is 232 g/mol. The third-order valence-electron chi connectivity index (χ3n) is 2.75. The molecule has 0 radical (unpaired) electrons. The molecule has 1 aliphatic heterocycles. The molecule has 1 aromatic rings. The fraction of sp³-hybridized carbons (Fsp3) is 0.333. The molecule has 18 heavy (non-hydrogen) atoms. The minimum atomic E-state index is -0.201. The number of nitrogens with zero attached hydrogens (tertiary/aromatic N) is 1. The van der Waals surface area contributed by atoms with Crippen LogP contribution < -0.4 is 16.4 Å². The number of carbonyl (C=O) groups is 2. The molecule has 6 nitrogen and oxygen atoms in total. The predicted octanol–water partition coefficient (Wildman–Crippen LogP) is 0.109. The van der Waals surface area contributed by atoms with Crippen molar-refractivity contribution < 1.29 is 9.59 Å². The van der Waals surface area contributed by atoms with Crippen molar-refractivity contribution in [3.8, 4) is 0 Å². The van der Waals surface area contributed by atoms with Crippen molar-refractivity contribution in [2.24, 2.45) is 5.73 Å². The van der Waals surface area contributed by atoms with Crippen LogP contribution in [0, 0.1) is 0 Å². The quantitative estimate of drug-likeness (QED) is 0.706. The largest absolute Gasteiger partial charge is 0.336 e. The predicted molar refractivity (Wildman–Crippen MR) is 67.9 cm³/mol. The van der Waals surface area contributed by atoms with Gasteiger partial charge in [-0.15, -0.1) is 0 Å². The highest BCUT2D eigenvalue weighted by atomic mass is 16.2. The van der Waals surface area contributed by atoms with Gasteiger partial charge in [0.25, 0.3) is 0 Å². The molecule has 0 spiro atoms. The molecule has 1 fully saturated rings. The third kappa shape index (κ3) is 2.98. The highest BCUT2D eigenvalue weighted by Gasteiger charge is 2.21. The van der Waals surface area contributed by atoms with E-state index in [1.807, 2.05) is 12.1 Å². The molecule has 6 heteroatoms. The molecule has 1 heterocycles. The van der Waals surface area contributed by atoms with Crippen LogP contribution in [-0.2, 0) is 11.3 Å². The van der Waals surface area contributed by atoms with Crippen LogP contribution in [0.1, 0.15) is 5.56 Å². The molecule has 1 aliphatic rings. The van der Waals surface area contributed by atoms with E-state index in [1.54, 1.807) is 12.1 Å². The summed E-state index contributed by atoms with van der Waals surface area (Å²) >= 11 is 0. The summed E-state index contributed by atoms with van der Waals surface area (Å²) in [7, 11) is 0. The first kappa shape index (κ1) is 12.4. The van der Waals surface area contributed by atoms with Gasteiger partial charge in [0.05, 0.1) is 0 Å². The van der Waals surface area contributed by atoms with E-state index in [4.69, 9.17) is 5.73 Å². The number of anilines is 1. The number of hydrogen-bond acceptors (Lipinski definition) is 3. The second kappa shape index (κ2) is 5.50. The van der Waals surface area contributed by atoms with Crippen molar-refractivity contribution in [2.45, 2.75) is 6.54 Å². The standard InChI is InChI=1S/C12H16N4O2/c13-7-9-1-3-10(4-2-9)15-11(17)8-16-6-5-14-12(16)18/h1-4H,5-8,13H2,(H,14,18)(H,15,17). The van der Waals surface area contributed by atoms with Gasteiger partial charge in [-0.1, -0.05) is 12.1 Å². The summed E-state index contributed by atoms with van der Waals surface area (Å²) in [5.74, 6) is -0.201. The van der Waals surface area contributed by atoms with E-state index in [0.717, 1.165) is 5.56 Å². The Hall–Kier alpha value is -2.08. The second-order valence-electron chi connectivity index (χ2n) is 4.10. The molecule has 0 bridgehead atoms. The van der Waals surface area contributed by atoms with Crippen molar-refractivity contribution in [1.29, 1.82) is 0 Å². The van der Waals surface area contributed by atoms with Crippen LogP contribution >= 0.6 is 0 Å². The zero-order valence-corrected chi connectivity index (χ0v) is 9.98. The van der Waals surface area contributed by atoms with E-state index in [-0.39, 0.29) is 18.5 Å². The lowest BCUT2D eigenvalue weighted by molar-refractivity contribution is -0.116. The topological polar surface area (TPSA) is 87.5 Å². The second-order valence-corrected chi connectivity index (χ2v) is 4.10. The Balaban J connectivity index is 1.88. The summed E-state index contributed by atoms with van der Waals surface area (Å²) in [6, 6.07) is 7.12. The molecule has 0 atom stereocenters. The van der Waals surface area contributed by atoms with Crippen molar-refractivity contribution in [3.05, 3.63) is 29.8 Å². The normalized spacial score (nSPS) is 14.5. The summed E-state index contributed by atoms with van der Waals surface area (Å²) in [6.07, 6.45) is 0.